The molecule has 40 heavy (non-hydrogen) atoms. The van der Waals surface area contributed by atoms with Crippen LogP contribution in [0.4, 0.5) is 0 Å². The number of nitrogens with zero attached hydrogens (tertiary/aromatic N) is 4. The molecule has 3 aromatic heterocycles. The molecule has 0 bridgehead atoms. The van der Waals surface area contributed by atoms with Crippen LogP contribution in [0.2, 0.25) is 0 Å². The maximum Gasteiger partial charge on any atom is 0.439 e. The zero-order chi connectivity index (χ0) is 28.0. The zero-order valence-corrected chi connectivity index (χ0v) is 21.5. The molecule has 3 heterocycles. The van der Waals surface area contributed by atoms with Gasteiger partial charge >= 0.3 is 11.5 Å². The molecule has 0 fully saturated rings. The number of rotatable bonds is 6. The van der Waals surface area contributed by atoms with Crippen LogP contribution in [-0.2, 0) is 20.0 Å². The van der Waals surface area contributed by atoms with Crippen LogP contribution in [0.1, 0.15) is 55.7 Å². The van der Waals surface area contributed by atoms with Gasteiger partial charge in [-0.1, -0.05) is 23.4 Å². The van der Waals surface area contributed by atoms with Crippen molar-refractivity contribution >= 4 is 22.9 Å². The van der Waals surface area contributed by atoms with Crippen molar-refractivity contribution in [3.63, 3.8) is 0 Å². The number of carbonyl (C=O) groups excluding carboxylic acids is 2. The van der Waals surface area contributed by atoms with Crippen molar-refractivity contribution in [2.75, 3.05) is 0 Å². The second-order valence-corrected chi connectivity index (χ2v) is 9.51. The maximum atomic E-state index is 13.1. The summed E-state index contributed by atoms with van der Waals surface area (Å²) in [5, 5.41) is 9.55. The summed E-state index contributed by atoms with van der Waals surface area (Å²) in [6.45, 7) is 2.12. The topological polar surface area (TPSA) is 178 Å². The van der Waals surface area contributed by atoms with Crippen LogP contribution in [0.15, 0.2) is 61.3 Å². The fourth-order valence-electron chi connectivity index (χ4n) is 5.03. The minimum atomic E-state index is -0.623. The van der Waals surface area contributed by atoms with Gasteiger partial charge < -0.3 is 15.1 Å². The van der Waals surface area contributed by atoms with Crippen molar-refractivity contribution in [1.29, 1.82) is 0 Å². The lowest BCUT2D eigenvalue weighted by Crippen LogP contribution is -2.29. The van der Waals surface area contributed by atoms with Crippen molar-refractivity contribution in [3.8, 4) is 11.4 Å². The summed E-state index contributed by atoms with van der Waals surface area (Å²) in [5.74, 6) is -1.63. The zero-order valence-electron chi connectivity index (χ0n) is 21.5. The molecule has 0 radical (unpaired) electrons. The summed E-state index contributed by atoms with van der Waals surface area (Å²) in [4.78, 5) is 59.6. The highest BCUT2D eigenvalue weighted by Crippen LogP contribution is 2.37. The van der Waals surface area contributed by atoms with E-state index in [2.05, 4.69) is 35.3 Å². The van der Waals surface area contributed by atoms with E-state index in [1.54, 1.807) is 25.2 Å². The van der Waals surface area contributed by atoms with E-state index >= 15 is 0 Å². The van der Waals surface area contributed by atoms with Gasteiger partial charge in [0.25, 0.3) is 11.8 Å². The number of H-pyrrole nitrogens is 1. The Bertz CT molecular complexity index is 1910. The lowest BCUT2D eigenvalue weighted by Gasteiger charge is -2.15. The molecule has 13 heteroatoms. The van der Waals surface area contributed by atoms with Crippen LogP contribution in [0.3, 0.4) is 0 Å². The van der Waals surface area contributed by atoms with Gasteiger partial charge in [-0.05, 0) is 54.2 Å². The van der Waals surface area contributed by atoms with Gasteiger partial charge in [0.05, 0.1) is 11.6 Å². The van der Waals surface area contributed by atoms with E-state index < -0.39 is 23.3 Å². The van der Waals surface area contributed by atoms with E-state index in [0.29, 0.717) is 23.3 Å². The molecule has 1 aliphatic rings. The number of oxazole rings is 1. The highest BCUT2D eigenvalue weighted by atomic mass is 16.5. The Kier molecular flexibility index (Phi) is 6.10. The molecule has 1 aliphatic carbocycles. The Balaban J connectivity index is 1.14. The largest absolute Gasteiger partial charge is 0.439 e. The van der Waals surface area contributed by atoms with E-state index in [0.717, 1.165) is 34.2 Å². The number of aryl methyl sites for hydroxylation is 1. The average molecular weight is 542 g/mol. The van der Waals surface area contributed by atoms with Gasteiger partial charge in [0.15, 0.2) is 11.4 Å². The van der Waals surface area contributed by atoms with Crippen LogP contribution in [0.25, 0.3) is 22.5 Å². The number of nitrogens with one attached hydrogen (secondary N) is 3. The Morgan fingerprint density at radius 2 is 1.90 bits per heavy atom. The SMILES string of the molecule is Cc1c(-c2noc(=O)[nH]2)ccc2c1CC[C@@H]2NC(=O)c1cc(C(=O)NCc2ccc3oc(=O)n(C)c3c2)ncn1. The summed E-state index contributed by atoms with van der Waals surface area (Å²) in [6, 6.07) is 10.0. The van der Waals surface area contributed by atoms with E-state index in [-0.39, 0.29) is 24.0 Å². The molecule has 2 aromatic carbocycles. The summed E-state index contributed by atoms with van der Waals surface area (Å²) in [7, 11) is 1.61. The van der Waals surface area contributed by atoms with Crippen molar-refractivity contribution in [1.82, 2.24) is 35.3 Å². The van der Waals surface area contributed by atoms with E-state index in [9.17, 15) is 19.2 Å². The van der Waals surface area contributed by atoms with Crippen molar-refractivity contribution in [2.24, 2.45) is 7.05 Å². The summed E-state index contributed by atoms with van der Waals surface area (Å²) in [6.07, 6.45) is 2.60. The number of aromatic amines is 1. The first-order valence-corrected chi connectivity index (χ1v) is 12.5. The first-order chi connectivity index (χ1) is 19.3. The molecule has 0 aliphatic heterocycles. The van der Waals surface area contributed by atoms with Crippen LogP contribution in [0, 0.1) is 6.92 Å². The molecule has 3 N–H and O–H groups in total. The van der Waals surface area contributed by atoms with Crippen LogP contribution >= 0.6 is 0 Å². The molecule has 0 saturated carbocycles. The molecule has 0 saturated heterocycles. The van der Waals surface area contributed by atoms with Gasteiger partial charge in [0.1, 0.15) is 17.7 Å². The van der Waals surface area contributed by atoms with Crippen molar-refractivity contribution in [2.45, 2.75) is 32.4 Å². The molecular weight excluding hydrogens is 518 g/mol. The highest BCUT2D eigenvalue weighted by Gasteiger charge is 2.28. The van der Waals surface area contributed by atoms with Gasteiger partial charge in [0, 0.05) is 25.2 Å². The predicted octanol–water partition coefficient (Wildman–Crippen LogP) is 1.92. The third-order valence-corrected chi connectivity index (χ3v) is 7.14. The molecule has 0 spiro atoms. The van der Waals surface area contributed by atoms with Crippen LogP contribution in [-0.4, -0.2) is 36.5 Å². The number of hydrogen-bond donors (Lipinski definition) is 3. The molecule has 1 atom stereocenters. The molecule has 6 rings (SSSR count). The number of carbonyl (C=O) groups is 2. The van der Waals surface area contributed by atoms with E-state index in [1.165, 1.54) is 17.0 Å². The molecule has 2 amide bonds. The Labute approximate surface area is 225 Å². The van der Waals surface area contributed by atoms with Gasteiger partial charge in [-0.2, -0.15) is 0 Å². The summed E-state index contributed by atoms with van der Waals surface area (Å²) >= 11 is 0. The van der Waals surface area contributed by atoms with Gasteiger partial charge in [0.2, 0.25) is 0 Å². The Morgan fingerprint density at radius 3 is 2.67 bits per heavy atom. The summed E-state index contributed by atoms with van der Waals surface area (Å²) in [5.41, 5.74) is 5.71. The second-order valence-electron chi connectivity index (χ2n) is 9.51. The minimum absolute atomic E-state index is 0.0471. The smallest absolute Gasteiger partial charge is 0.408 e. The number of hydrogen-bond acceptors (Lipinski definition) is 9. The first kappa shape index (κ1) is 25.0. The number of amides is 2. The Hall–Kier alpha value is -5.33. The highest BCUT2D eigenvalue weighted by molar-refractivity contribution is 5.97. The monoisotopic (exact) mass is 541 g/mol. The summed E-state index contributed by atoms with van der Waals surface area (Å²) < 4.78 is 11.1. The quantitative estimate of drug-likeness (QED) is 0.290. The number of aromatic nitrogens is 5. The molecular formula is C27H23N7O6. The standard InChI is InChI=1S/C27H23N7O6/c1-13-15-6-7-18(17(15)5-4-16(13)23-32-26(37)40-33-23)31-25(36)20-10-19(29-12-30-20)24(35)28-11-14-3-8-22-21(9-14)34(2)27(38)39-22/h3-5,8-10,12,18H,6-7,11H2,1-2H3,(H,28,35)(H,31,36)(H,32,33,37)/t18-/m0/s1. The normalized spacial score (nSPS) is 14.3. The maximum absolute atomic E-state index is 13.1. The number of benzene rings is 2. The minimum Gasteiger partial charge on any atom is -0.408 e. The van der Waals surface area contributed by atoms with Crippen molar-refractivity contribution < 1.29 is 18.5 Å². The second kappa shape index (κ2) is 9.76. The lowest BCUT2D eigenvalue weighted by atomic mass is 9.97. The molecule has 0 unspecified atom stereocenters. The van der Waals surface area contributed by atoms with E-state index in [1.807, 2.05) is 19.1 Å². The number of fused-ring (bicyclic) bond motifs is 2. The van der Waals surface area contributed by atoms with E-state index in [4.69, 9.17) is 4.42 Å². The molecule has 202 valence electrons. The van der Waals surface area contributed by atoms with Gasteiger partial charge in [-0.15, -0.1) is 0 Å². The van der Waals surface area contributed by atoms with Gasteiger partial charge in [-0.25, -0.2) is 19.6 Å². The third-order valence-electron chi connectivity index (χ3n) is 7.14. The third kappa shape index (κ3) is 4.46. The van der Waals surface area contributed by atoms with Crippen LogP contribution in [0.5, 0.6) is 0 Å². The van der Waals surface area contributed by atoms with Crippen molar-refractivity contribution in [3.05, 3.63) is 97.5 Å². The van der Waals surface area contributed by atoms with Crippen LogP contribution < -0.4 is 22.1 Å². The van der Waals surface area contributed by atoms with Gasteiger partial charge in [-0.3, -0.25) is 23.7 Å². The predicted molar refractivity (Wildman–Crippen MR) is 140 cm³/mol. The fraction of sp³-hybridized carbons (Fsp3) is 0.222. The molecule has 5 aromatic rings. The lowest BCUT2D eigenvalue weighted by molar-refractivity contribution is 0.0931. The fourth-order valence-corrected chi connectivity index (χ4v) is 5.03. The first-order valence-electron chi connectivity index (χ1n) is 12.5. The average Bonchev–Trinajstić information content (AvgIpc) is 3.65. The molecule has 13 nitrogen and oxygen atoms in total. The Morgan fingerprint density at radius 1 is 1.10 bits per heavy atom.